The Morgan fingerprint density at radius 1 is 0.917 bits per heavy atom. The van der Waals surface area contributed by atoms with Crippen molar-refractivity contribution in [2.75, 3.05) is 31.1 Å². The van der Waals surface area contributed by atoms with Gasteiger partial charge in [0.15, 0.2) is 0 Å². The van der Waals surface area contributed by atoms with Crippen molar-refractivity contribution in [2.45, 2.75) is 64.5 Å². The van der Waals surface area contributed by atoms with Gasteiger partial charge in [0.1, 0.15) is 6.04 Å². The van der Waals surface area contributed by atoms with E-state index in [1.807, 2.05) is 4.90 Å². The zero-order chi connectivity index (χ0) is 25.1. The van der Waals surface area contributed by atoms with Crippen molar-refractivity contribution in [2.24, 2.45) is 11.8 Å². The molecule has 10 heteroatoms. The van der Waals surface area contributed by atoms with Gasteiger partial charge in [0.05, 0.1) is 35.3 Å². The Labute approximate surface area is 217 Å². The van der Waals surface area contributed by atoms with Gasteiger partial charge >= 0.3 is 0 Å². The van der Waals surface area contributed by atoms with Crippen LogP contribution in [0.1, 0.15) is 56.8 Å². The molecule has 1 saturated carbocycles. The van der Waals surface area contributed by atoms with Crippen molar-refractivity contribution < 1.29 is 9.59 Å². The minimum Gasteiger partial charge on any atom is -0.337 e. The van der Waals surface area contributed by atoms with Crippen molar-refractivity contribution in [3.63, 3.8) is 0 Å². The van der Waals surface area contributed by atoms with E-state index >= 15 is 0 Å². The van der Waals surface area contributed by atoms with Crippen molar-refractivity contribution in [1.82, 2.24) is 29.7 Å². The van der Waals surface area contributed by atoms with Gasteiger partial charge in [0.2, 0.25) is 17.8 Å². The summed E-state index contributed by atoms with van der Waals surface area (Å²) in [5.74, 6) is 1.43. The molecule has 0 aromatic carbocycles. The quantitative estimate of drug-likeness (QED) is 0.608. The summed E-state index contributed by atoms with van der Waals surface area (Å²) in [6.07, 6.45) is 13.4. The highest BCUT2D eigenvalue weighted by Gasteiger charge is 2.41. The van der Waals surface area contributed by atoms with E-state index in [2.05, 4.69) is 31.8 Å². The molecule has 9 nitrogen and oxygen atoms in total. The Bertz CT molecular complexity index is 1070. The van der Waals surface area contributed by atoms with Gasteiger partial charge in [0.25, 0.3) is 0 Å². The molecule has 5 rings (SSSR count). The van der Waals surface area contributed by atoms with E-state index in [1.165, 1.54) is 12.8 Å². The van der Waals surface area contributed by atoms with Crippen molar-refractivity contribution in [1.29, 1.82) is 0 Å². The molecule has 0 radical (unpaired) electrons. The maximum atomic E-state index is 13.8. The van der Waals surface area contributed by atoms with E-state index in [9.17, 15) is 9.59 Å². The van der Waals surface area contributed by atoms with Crippen molar-refractivity contribution in [3.8, 4) is 0 Å². The number of carbonyl (C=O) groups is 2. The minimum atomic E-state index is -0.534. The van der Waals surface area contributed by atoms with E-state index in [-0.39, 0.29) is 17.7 Å². The number of halogens is 1. The maximum Gasteiger partial charge on any atom is 0.245 e. The highest BCUT2D eigenvalue weighted by atomic mass is 35.5. The number of nitrogens with zero attached hydrogens (tertiary/aromatic N) is 7. The van der Waals surface area contributed by atoms with Gasteiger partial charge in [-0.05, 0) is 31.6 Å². The van der Waals surface area contributed by atoms with E-state index in [4.69, 9.17) is 11.6 Å². The third-order valence-corrected chi connectivity index (χ3v) is 8.08. The van der Waals surface area contributed by atoms with Crippen LogP contribution in [0.25, 0.3) is 0 Å². The van der Waals surface area contributed by atoms with Gasteiger partial charge in [-0.1, -0.05) is 31.4 Å². The van der Waals surface area contributed by atoms with Gasteiger partial charge in [-0.25, -0.2) is 9.97 Å². The molecule has 4 heterocycles. The molecule has 0 spiro atoms. The predicted octanol–water partition coefficient (Wildman–Crippen LogP) is 3.13. The number of anilines is 1. The molecule has 2 aromatic rings. The number of hydrogen-bond acceptors (Lipinski definition) is 7. The highest BCUT2D eigenvalue weighted by Crippen LogP contribution is 2.34. The monoisotopic (exact) mass is 511 g/mol. The molecule has 192 valence electrons. The van der Waals surface area contributed by atoms with Gasteiger partial charge in [-0.15, -0.1) is 0 Å². The van der Waals surface area contributed by atoms with Crippen LogP contribution in [-0.2, 0) is 22.6 Å². The van der Waals surface area contributed by atoms with Crippen LogP contribution in [0.4, 0.5) is 5.95 Å². The van der Waals surface area contributed by atoms with Crippen molar-refractivity contribution >= 4 is 29.4 Å². The fourth-order valence-electron chi connectivity index (χ4n) is 5.86. The molecule has 1 saturated heterocycles. The maximum absolute atomic E-state index is 13.8. The van der Waals surface area contributed by atoms with Crippen LogP contribution in [0, 0.1) is 11.8 Å². The lowest BCUT2D eigenvalue weighted by Crippen LogP contribution is -2.58. The first kappa shape index (κ1) is 24.9. The first-order valence-corrected chi connectivity index (χ1v) is 13.5. The summed E-state index contributed by atoms with van der Waals surface area (Å²) in [5, 5.41) is 0.497. The van der Waals surface area contributed by atoms with Crippen LogP contribution in [-0.4, -0.2) is 73.8 Å². The SMILES string of the molecule is CCCC1CCC(C(=O)N2Cc3nccnc3CC2C(=O)N2CCN(c3ncc(Cl)cn3)CC2)CC1. The second kappa shape index (κ2) is 11.1. The van der Waals surface area contributed by atoms with E-state index in [1.54, 1.807) is 29.7 Å². The molecule has 2 fully saturated rings. The summed E-state index contributed by atoms with van der Waals surface area (Å²) < 4.78 is 0. The molecule has 2 aromatic heterocycles. The zero-order valence-corrected chi connectivity index (χ0v) is 21.6. The Morgan fingerprint density at radius 3 is 2.25 bits per heavy atom. The molecule has 2 amide bonds. The van der Waals surface area contributed by atoms with E-state index in [0.29, 0.717) is 50.1 Å². The largest absolute Gasteiger partial charge is 0.337 e. The first-order chi connectivity index (χ1) is 17.5. The van der Waals surface area contributed by atoms with E-state index < -0.39 is 6.04 Å². The highest BCUT2D eigenvalue weighted by molar-refractivity contribution is 6.30. The molecule has 1 aliphatic carbocycles. The number of aromatic nitrogens is 4. The molecule has 2 aliphatic heterocycles. The minimum absolute atomic E-state index is 0.00371. The first-order valence-electron chi connectivity index (χ1n) is 13.1. The number of carbonyl (C=O) groups excluding carboxylic acids is 2. The average molecular weight is 512 g/mol. The van der Waals surface area contributed by atoms with Crippen molar-refractivity contribution in [3.05, 3.63) is 41.2 Å². The van der Waals surface area contributed by atoms with E-state index in [0.717, 1.165) is 43.0 Å². The molecule has 0 N–H and O–H groups in total. The normalized spacial score (nSPS) is 24.4. The molecule has 36 heavy (non-hydrogen) atoms. The Morgan fingerprint density at radius 2 is 1.58 bits per heavy atom. The standard InChI is InChI=1S/C26H34ClN7O2/c1-2-3-18-4-6-19(7-5-18)24(35)34-17-22-21(28-8-9-29-22)14-23(34)25(36)32-10-12-33(13-11-32)26-30-15-20(27)16-31-26/h8-9,15-16,18-19,23H,2-7,10-14,17H2,1H3. The summed E-state index contributed by atoms with van der Waals surface area (Å²) in [6.45, 7) is 4.95. The Hall–Kier alpha value is -2.81. The lowest BCUT2D eigenvalue weighted by molar-refractivity contribution is -0.150. The van der Waals surface area contributed by atoms with Gasteiger partial charge in [-0.2, -0.15) is 0 Å². The van der Waals surface area contributed by atoms with Crippen LogP contribution in [0.3, 0.4) is 0 Å². The van der Waals surface area contributed by atoms with Gasteiger partial charge < -0.3 is 14.7 Å². The van der Waals surface area contributed by atoms with Crippen LogP contribution in [0.5, 0.6) is 0 Å². The predicted molar refractivity (Wildman–Crippen MR) is 136 cm³/mol. The second-order valence-electron chi connectivity index (χ2n) is 10.2. The average Bonchev–Trinajstić information content (AvgIpc) is 2.93. The fourth-order valence-corrected chi connectivity index (χ4v) is 5.96. The Kier molecular flexibility index (Phi) is 7.65. The number of hydrogen-bond donors (Lipinski definition) is 0. The van der Waals surface area contributed by atoms with Crippen LogP contribution < -0.4 is 4.90 Å². The summed E-state index contributed by atoms with van der Waals surface area (Å²) in [6, 6.07) is -0.534. The molecule has 1 atom stereocenters. The molecular weight excluding hydrogens is 478 g/mol. The smallest absolute Gasteiger partial charge is 0.245 e. The summed E-state index contributed by atoms with van der Waals surface area (Å²) in [5.41, 5.74) is 1.62. The number of fused-ring (bicyclic) bond motifs is 1. The number of rotatable bonds is 5. The topological polar surface area (TPSA) is 95.4 Å². The van der Waals surface area contributed by atoms with Crippen LogP contribution >= 0.6 is 11.6 Å². The van der Waals surface area contributed by atoms with Crippen LogP contribution in [0.2, 0.25) is 5.02 Å². The zero-order valence-electron chi connectivity index (χ0n) is 20.9. The second-order valence-corrected chi connectivity index (χ2v) is 10.6. The molecule has 0 bridgehead atoms. The molecular formula is C26H34ClN7O2. The third kappa shape index (κ3) is 5.31. The summed E-state index contributed by atoms with van der Waals surface area (Å²) in [7, 11) is 0. The third-order valence-electron chi connectivity index (χ3n) is 7.89. The van der Waals surface area contributed by atoms with Crippen LogP contribution in [0.15, 0.2) is 24.8 Å². The summed E-state index contributed by atoms with van der Waals surface area (Å²) in [4.78, 5) is 50.9. The lowest BCUT2D eigenvalue weighted by atomic mass is 9.79. The molecule has 1 unspecified atom stereocenters. The fraction of sp³-hybridized carbons (Fsp3) is 0.615. The Balaban J connectivity index is 1.28. The van der Waals surface area contributed by atoms with Gasteiger partial charge in [-0.3, -0.25) is 19.6 Å². The van der Waals surface area contributed by atoms with Gasteiger partial charge in [0, 0.05) is 50.9 Å². The molecule has 3 aliphatic rings. The summed E-state index contributed by atoms with van der Waals surface area (Å²) >= 11 is 5.92. The number of piperazine rings is 1. The number of amides is 2. The lowest BCUT2D eigenvalue weighted by Gasteiger charge is -2.42.